The van der Waals surface area contributed by atoms with Gasteiger partial charge in [0.1, 0.15) is 12.4 Å². The van der Waals surface area contributed by atoms with Crippen LogP contribution in [0.2, 0.25) is 0 Å². The van der Waals surface area contributed by atoms with Crippen LogP contribution in [-0.4, -0.2) is 21.5 Å². The van der Waals surface area contributed by atoms with Crippen LogP contribution >= 0.6 is 11.5 Å². The largest absolute Gasteiger partial charge is 0.467 e. The van der Waals surface area contributed by atoms with Gasteiger partial charge in [-0.05, 0) is 12.8 Å². The smallest absolute Gasteiger partial charge is 0.293 e. The van der Waals surface area contributed by atoms with Crippen molar-refractivity contribution in [2.45, 2.75) is 57.4 Å². The molecule has 0 atom stereocenters. The lowest BCUT2D eigenvalue weighted by Gasteiger charge is -2.26. The van der Waals surface area contributed by atoms with Gasteiger partial charge in [-0.25, -0.2) is 0 Å². The van der Waals surface area contributed by atoms with Gasteiger partial charge in [0.2, 0.25) is 0 Å². The highest BCUT2D eigenvalue weighted by Gasteiger charge is 2.27. The third-order valence-electron chi connectivity index (χ3n) is 3.35. The molecule has 1 aliphatic rings. The Morgan fingerprint density at radius 2 is 2.00 bits per heavy atom. The summed E-state index contributed by atoms with van der Waals surface area (Å²) in [5, 5.41) is 0.663. The fraction of sp³-hybridized carbons (Fsp3) is 0.833. The second-order valence-electron chi connectivity index (χ2n) is 4.90. The molecule has 0 aliphatic heterocycles. The Morgan fingerprint density at radius 3 is 2.59 bits per heavy atom. The van der Waals surface area contributed by atoms with Crippen LogP contribution in [-0.2, 0) is 6.42 Å². The lowest BCUT2D eigenvalue weighted by atomic mass is 9.93. The SMILES string of the molecule is CCc1nsc(OCC2(N)CCCCCC2)n1. The average Bonchev–Trinajstić information content (AvgIpc) is 2.69. The van der Waals surface area contributed by atoms with Crippen molar-refractivity contribution in [1.82, 2.24) is 9.36 Å². The number of rotatable bonds is 4. The zero-order valence-corrected chi connectivity index (χ0v) is 11.3. The Hall–Kier alpha value is -0.680. The molecule has 1 aliphatic carbocycles. The number of aryl methyl sites for hydroxylation is 1. The third kappa shape index (κ3) is 3.64. The lowest BCUT2D eigenvalue weighted by molar-refractivity contribution is 0.198. The summed E-state index contributed by atoms with van der Waals surface area (Å²) >= 11 is 1.33. The summed E-state index contributed by atoms with van der Waals surface area (Å²) in [6.45, 7) is 2.62. The first kappa shape index (κ1) is 12.8. The lowest BCUT2D eigenvalue weighted by Crippen LogP contribution is -2.45. The van der Waals surface area contributed by atoms with Crippen LogP contribution in [0.3, 0.4) is 0 Å². The van der Waals surface area contributed by atoms with E-state index in [2.05, 4.69) is 9.36 Å². The summed E-state index contributed by atoms with van der Waals surface area (Å²) in [7, 11) is 0. The summed E-state index contributed by atoms with van der Waals surface area (Å²) in [5.74, 6) is 0.858. The number of nitrogens with zero attached hydrogens (tertiary/aromatic N) is 2. The molecule has 17 heavy (non-hydrogen) atoms. The van der Waals surface area contributed by atoms with E-state index in [0.29, 0.717) is 11.8 Å². The van der Waals surface area contributed by atoms with Gasteiger partial charge in [-0.3, -0.25) is 0 Å². The molecule has 1 aromatic heterocycles. The summed E-state index contributed by atoms with van der Waals surface area (Å²) in [4.78, 5) is 4.30. The van der Waals surface area contributed by atoms with Gasteiger partial charge in [0.05, 0.1) is 5.54 Å². The fourth-order valence-corrected chi connectivity index (χ4v) is 2.83. The second kappa shape index (κ2) is 5.78. The van der Waals surface area contributed by atoms with Crippen LogP contribution in [0.5, 0.6) is 5.19 Å². The van der Waals surface area contributed by atoms with Crippen molar-refractivity contribution >= 4 is 11.5 Å². The minimum absolute atomic E-state index is 0.158. The van der Waals surface area contributed by atoms with Gasteiger partial charge in [-0.15, -0.1) is 0 Å². The molecule has 0 radical (unpaired) electrons. The molecule has 0 amide bonds. The number of ether oxygens (including phenoxy) is 1. The van der Waals surface area contributed by atoms with Crippen LogP contribution in [0.1, 0.15) is 51.3 Å². The van der Waals surface area contributed by atoms with Gasteiger partial charge >= 0.3 is 0 Å². The monoisotopic (exact) mass is 255 g/mol. The highest BCUT2D eigenvalue weighted by molar-refractivity contribution is 7.07. The maximum absolute atomic E-state index is 6.38. The Labute approximate surface area is 107 Å². The zero-order chi connectivity index (χ0) is 12.1. The molecule has 5 heteroatoms. The van der Waals surface area contributed by atoms with Crippen molar-refractivity contribution in [3.63, 3.8) is 0 Å². The first-order chi connectivity index (χ1) is 8.22. The number of aromatic nitrogens is 2. The number of nitrogens with two attached hydrogens (primary N) is 1. The van der Waals surface area contributed by atoms with E-state index in [1.54, 1.807) is 0 Å². The minimum Gasteiger partial charge on any atom is -0.467 e. The molecular weight excluding hydrogens is 234 g/mol. The van der Waals surface area contributed by atoms with E-state index in [9.17, 15) is 0 Å². The summed E-state index contributed by atoms with van der Waals surface area (Å²) < 4.78 is 9.91. The first-order valence-corrected chi connectivity index (χ1v) is 7.23. The molecule has 96 valence electrons. The maximum atomic E-state index is 6.38. The molecule has 1 saturated carbocycles. The number of hydrogen-bond donors (Lipinski definition) is 1. The molecule has 1 aromatic rings. The molecule has 0 spiro atoms. The van der Waals surface area contributed by atoms with Gasteiger partial charge in [-0.2, -0.15) is 9.36 Å². The van der Waals surface area contributed by atoms with Crippen LogP contribution < -0.4 is 10.5 Å². The second-order valence-corrected chi connectivity index (χ2v) is 5.61. The van der Waals surface area contributed by atoms with Crippen LogP contribution in [0.25, 0.3) is 0 Å². The summed E-state index contributed by atoms with van der Waals surface area (Å²) in [6, 6.07) is 0. The maximum Gasteiger partial charge on any atom is 0.293 e. The van der Waals surface area contributed by atoms with E-state index in [1.165, 1.54) is 37.2 Å². The van der Waals surface area contributed by atoms with E-state index in [0.717, 1.165) is 25.1 Å². The van der Waals surface area contributed by atoms with Crippen molar-refractivity contribution < 1.29 is 4.74 Å². The summed E-state index contributed by atoms with van der Waals surface area (Å²) in [6.07, 6.45) is 8.02. The Balaban J connectivity index is 1.87. The Morgan fingerprint density at radius 1 is 1.29 bits per heavy atom. The highest BCUT2D eigenvalue weighted by atomic mass is 32.1. The zero-order valence-electron chi connectivity index (χ0n) is 10.4. The van der Waals surface area contributed by atoms with Gasteiger partial charge in [-0.1, -0.05) is 32.6 Å². The van der Waals surface area contributed by atoms with E-state index >= 15 is 0 Å². The third-order valence-corrected chi connectivity index (χ3v) is 4.02. The molecule has 4 nitrogen and oxygen atoms in total. The molecular formula is C12H21N3OS. The van der Waals surface area contributed by atoms with Crippen molar-refractivity contribution in [1.29, 1.82) is 0 Å². The minimum atomic E-state index is -0.158. The standard InChI is InChI=1S/C12H21N3OS/c1-2-10-14-11(17-15-10)16-9-12(13)7-5-3-4-6-8-12/h2-9,13H2,1H3. The van der Waals surface area contributed by atoms with E-state index in [-0.39, 0.29) is 5.54 Å². The molecule has 0 saturated heterocycles. The molecule has 0 unspecified atom stereocenters. The predicted octanol–water partition coefficient (Wildman–Crippen LogP) is 2.53. The number of hydrogen-bond acceptors (Lipinski definition) is 5. The van der Waals surface area contributed by atoms with Crippen LogP contribution in [0.15, 0.2) is 0 Å². The van der Waals surface area contributed by atoms with E-state index < -0.39 is 0 Å². The van der Waals surface area contributed by atoms with Crippen LogP contribution in [0, 0.1) is 0 Å². The molecule has 0 bridgehead atoms. The van der Waals surface area contributed by atoms with Crippen molar-refractivity contribution in [2.75, 3.05) is 6.61 Å². The van der Waals surface area contributed by atoms with Gasteiger partial charge in [0.15, 0.2) is 0 Å². The Bertz CT molecular complexity index is 345. The van der Waals surface area contributed by atoms with Crippen LogP contribution in [0.4, 0.5) is 0 Å². The highest BCUT2D eigenvalue weighted by Crippen LogP contribution is 2.26. The topological polar surface area (TPSA) is 61.0 Å². The molecule has 2 N–H and O–H groups in total. The average molecular weight is 255 g/mol. The van der Waals surface area contributed by atoms with Gasteiger partial charge in [0, 0.05) is 18.0 Å². The van der Waals surface area contributed by atoms with Crippen molar-refractivity contribution in [3.8, 4) is 5.19 Å². The molecule has 0 aromatic carbocycles. The molecule has 1 fully saturated rings. The molecule has 1 heterocycles. The van der Waals surface area contributed by atoms with Gasteiger partial charge in [0.25, 0.3) is 5.19 Å². The van der Waals surface area contributed by atoms with Crippen molar-refractivity contribution in [2.24, 2.45) is 5.73 Å². The first-order valence-electron chi connectivity index (χ1n) is 6.46. The predicted molar refractivity (Wildman–Crippen MR) is 69.4 cm³/mol. The quantitative estimate of drug-likeness (QED) is 0.840. The normalized spacial score (nSPS) is 19.9. The summed E-state index contributed by atoms with van der Waals surface area (Å²) in [5.41, 5.74) is 6.22. The van der Waals surface area contributed by atoms with E-state index in [1.807, 2.05) is 6.92 Å². The Kier molecular flexibility index (Phi) is 4.34. The molecule has 2 rings (SSSR count). The van der Waals surface area contributed by atoms with Gasteiger partial charge < -0.3 is 10.5 Å². The fourth-order valence-electron chi connectivity index (χ4n) is 2.22. The van der Waals surface area contributed by atoms with Crippen molar-refractivity contribution in [3.05, 3.63) is 5.82 Å². The van der Waals surface area contributed by atoms with E-state index in [4.69, 9.17) is 10.5 Å².